The molecule has 0 aliphatic heterocycles. The summed E-state index contributed by atoms with van der Waals surface area (Å²) in [4.78, 5) is 13.8. The molecule has 3 nitrogen and oxygen atoms in total. The third kappa shape index (κ3) is 1.96. The number of nitrogens with zero attached hydrogens (tertiary/aromatic N) is 2. The topological polar surface area (TPSA) is 41.6 Å². The Labute approximate surface area is 165 Å². The van der Waals surface area contributed by atoms with Crippen molar-refractivity contribution >= 4 is 65.4 Å². The zero-order valence-corrected chi connectivity index (χ0v) is 15.5. The van der Waals surface area contributed by atoms with Crippen molar-refractivity contribution < 1.29 is 0 Å². The summed E-state index contributed by atoms with van der Waals surface area (Å²) in [6.07, 6.45) is 0. The summed E-state index contributed by atoms with van der Waals surface area (Å²) in [5.41, 5.74) is 6.24. The first-order valence-electron chi connectivity index (χ1n) is 9.78. The molecule has 0 saturated heterocycles. The number of para-hydroxylation sites is 3. The van der Waals surface area contributed by atoms with Crippen LogP contribution >= 0.6 is 0 Å². The van der Waals surface area contributed by atoms with Crippen LogP contribution in [0.5, 0.6) is 0 Å². The van der Waals surface area contributed by atoms with E-state index in [1.54, 1.807) is 0 Å². The minimum absolute atomic E-state index is 0.996. The molecule has 0 unspecified atom stereocenters. The number of nitrogens with one attached hydrogen (secondary N) is 1. The normalized spacial score (nSPS) is 12.1. The number of rotatable bonds is 0. The Morgan fingerprint density at radius 2 is 1.17 bits per heavy atom. The molecule has 0 aliphatic rings. The van der Waals surface area contributed by atoms with E-state index in [0.717, 1.165) is 54.6 Å². The maximum atomic E-state index is 5.10. The number of hydrogen-bond donors (Lipinski definition) is 1. The molecule has 0 spiro atoms. The summed E-state index contributed by atoms with van der Waals surface area (Å²) in [5, 5.41) is 6.89. The van der Waals surface area contributed by atoms with Gasteiger partial charge in [-0.25, -0.2) is 9.97 Å². The Morgan fingerprint density at radius 1 is 0.552 bits per heavy atom. The summed E-state index contributed by atoms with van der Waals surface area (Å²) >= 11 is 0. The van der Waals surface area contributed by atoms with E-state index in [9.17, 15) is 0 Å². The lowest BCUT2D eigenvalue weighted by atomic mass is 10.0. The van der Waals surface area contributed by atoms with Crippen molar-refractivity contribution in [2.75, 3.05) is 0 Å². The number of fused-ring (bicyclic) bond motifs is 10. The summed E-state index contributed by atoms with van der Waals surface area (Å²) < 4.78 is 0. The summed E-state index contributed by atoms with van der Waals surface area (Å²) in [6.45, 7) is 0. The SMILES string of the molecule is c1ccc2nc3c4cc5ccccc5nc4c4c5ccccc5[nH]c4c3cc2c1. The smallest absolute Gasteiger partial charge is 0.0831 e. The molecule has 29 heavy (non-hydrogen) atoms. The fourth-order valence-corrected chi connectivity index (χ4v) is 4.59. The van der Waals surface area contributed by atoms with Gasteiger partial charge in [-0.05, 0) is 30.3 Å². The van der Waals surface area contributed by atoms with Crippen LogP contribution in [0.25, 0.3) is 65.4 Å². The predicted molar refractivity (Wildman–Crippen MR) is 121 cm³/mol. The van der Waals surface area contributed by atoms with Gasteiger partial charge < -0.3 is 4.98 Å². The molecule has 0 aliphatic carbocycles. The maximum Gasteiger partial charge on any atom is 0.0831 e. The molecule has 7 rings (SSSR count). The Kier molecular flexibility index (Phi) is 2.74. The van der Waals surface area contributed by atoms with E-state index in [-0.39, 0.29) is 0 Å². The zero-order valence-electron chi connectivity index (χ0n) is 15.5. The molecular weight excluding hydrogens is 354 g/mol. The van der Waals surface area contributed by atoms with Crippen LogP contribution in [0.3, 0.4) is 0 Å². The molecule has 134 valence electrons. The molecular formula is C26H15N3. The van der Waals surface area contributed by atoms with Gasteiger partial charge in [-0.15, -0.1) is 0 Å². The average molecular weight is 369 g/mol. The van der Waals surface area contributed by atoms with Gasteiger partial charge in [-0.3, -0.25) is 0 Å². The van der Waals surface area contributed by atoms with E-state index < -0.39 is 0 Å². The molecule has 0 amide bonds. The molecule has 0 radical (unpaired) electrons. The zero-order chi connectivity index (χ0) is 18.9. The van der Waals surface area contributed by atoms with E-state index in [2.05, 4.69) is 77.8 Å². The monoisotopic (exact) mass is 369 g/mol. The standard InChI is InChI=1S/C26H15N3/c1-4-10-20-15(7-1)13-19-24(27-20)18-14-16-8-2-5-11-21(16)28-25(18)23-17-9-3-6-12-22(17)29-26(19)23/h1-14,29H. The van der Waals surface area contributed by atoms with Gasteiger partial charge >= 0.3 is 0 Å². The van der Waals surface area contributed by atoms with Crippen molar-refractivity contribution in [1.82, 2.24) is 15.0 Å². The first kappa shape index (κ1) is 15.0. The van der Waals surface area contributed by atoms with Crippen molar-refractivity contribution in [1.29, 1.82) is 0 Å². The lowest BCUT2D eigenvalue weighted by molar-refractivity contribution is 1.48. The van der Waals surface area contributed by atoms with Crippen molar-refractivity contribution in [3.8, 4) is 0 Å². The minimum Gasteiger partial charge on any atom is -0.354 e. The first-order valence-corrected chi connectivity index (χ1v) is 9.78. The maximum absolute atomic E-state index is 5.10. The van der Waals surface area contributed by atoms with Gasteiger partial charge in [0.05, 0.1) is 27.6 Å². The van der Waals surface area contributed by atoms with Crippen LogP contribution in [0.4, 0.5) is 0 Å². The van der Waals surface area contributed by atoms with Crippen molar-refractivity contribution in [3.63, 3.8) is 0 Å². The van der Waals surface area contributed by atoms with Gasteiger partial charge in [-0.1, -0.05) is 54.6 Å². The van der Waals surface area contributed by atoms with Crippen molar-refractivity contribution in [2.45, 2.75) is 0 Å². The molecule has 3 heteroatoms. The first-order chi connectivity index (χ1) is 14.4. The van der Waals surface area contributed by atoms with Gasteiger partial charge in [0, 0.05) is 37.8 Å². The molecule has 0 fully saturated rings. The number of pyridine rings is 2. The van der Waals surface area contributed by atoms with Crippen LogP contribution in [0.15, 0.2) is 84.9 Å². The second-order valence-corrected chi connectivity index (χ2v) is 7.58. The largest absolute Gasteiger partial charge is 0.354 e. The summed E-state index contributed by atoms with van der Waals surface area (Å²) in [6, 6.07) is 29.5. The van der Waals surface area contributed by atoms with E-state index in [0.29, 0.717) is 0 Å². The van der Waals surface area contributed by atoms with E-state index >= 15 is 0 Å². The molecule has 0 atom stereocenters. The summed E-state index contributed by atoms with van der Waals surface area (Å²) in [5.74, 6) is 0. The van der Waals surface area contributed by atoms with Crippen molar-refractivity contribution in [3.05, 3.63) is 84.9 Å². The highest BCUT2D eigenvalue weighted by molar-refractivity contribution is 6.31. The van der Waals surface area contributed by atoms with Crippen LogP contribution in [0.1, 0.15) is 0 Å². The Hall–Kier alpha value is -3.98. The highest BCUT2D eigenvalue weighted by Gasteiger charge is 2.17. The molecule has 1 N–H and O–H groups in total. The number of hydrogen-bond acceptors (Lipinski definition) is 2. The molecule has 4 aromatic carbocycles. The third-order valence-electron chi connectivity index (χ3n) is 5.92. The average Bonchev–Trinajstić information content (AvgIpc) is 3.17. The second-order valence-electron chi connectivity index (χ2n) is 7.58. The Balaban J connectivity index is 1.86. The van der Waals surface area contributed by atoms with Gasteiger partial charge in [0.15, 0.2) is 0 Å². The number of H-pyrrole nitrogens is 1. The highest BCUT2D eigenvalue weighted by atomic mass is 14.8. The lowest BCUT2D eigenvalue weighted by Gasteiger charge is -2.09. The highest BCUT2D eigenvalue weighted by Crippen LogP contribution is 2.39. The molecule has 0 bridgehead atoms. The van der Waals surface area contributed by atoms with Crippen LogP contribution < -0.4 is 0 Å². The fourth-order valence-electron chi connectivity index (χ4n) is 4.59. The van der Waals surface area contributed by atoms with Crippen LogP contribution in [-0.2, 0) is 0 Å². The minimum atomic E-state index is 0.996. The Morgan fingerprint density at radius 3 is 1.97 bits per heavy atom. The van der Waals surface area contributed by atoms with Crippen LogP contribution in [0.2, 0.25) is 0 Å². The van der Waals surface area contributed by atoms with E-state index in [1.807, 2.05) is 12.1 Å². The lowest BCUT2D eigenvalue weighted by Crippen LogP contribution is -1.90. The van der Waals surface area contributed by atoms with E-state index in [1.165, 1.54) is 10.8 Å². The Bertz CT molecular complexity index is 1760. The van der Waals surface area contributed by atoms with Crippen molar-refractivity contribution in [2.24, 2.45) is 0 Å². The van der Waals surface area contributed by atoms with Gasteiger partial charge in [0.2, 0.25) is 0 Å². The van der Waals surface area contributed by atoms with Gasteiger partial charge in [0.1, 0.15) is 0 Å². The predicted octanol–water partition coefficient (Wildman–Crippen LogP) is 6.72. The number of benzene rings is 4. The van der Waals surface area contributed by atoms with Gasteiger partial charge in [-0.2, -0.15) is 0 Å². The molecule has 3 heterocycles. The van der Waals surface area contributed by atoms with Crippen LogP contribution in [-0.4, -0.2) is 15.0 Å². The summed E-state index contributed by atoms with van der Waals surface area (Å²) in [7, 11) is 0. The quantitative estimate of drug-likeness (QED) is 0.238. The van der Waals surface area contributed by atoms with Gasteiger partial charge in [0.25, 0.3) is 0 Å². The molecule has 3 aromatic heterocycles. The number of aromatic amines is 1. The third-order valence-corrected chi connectivity index (χ3v) is 5.92. The number of aromatic nitrogens is 3. The fraction of sp³-hybridized carbons (Fsp3) is 0. The van der Waals surface area contributed by atoms with E-state index in [4.69, 9.17) is 9.97 Å². The second kappa shape index (κ2) is 5.30. The molecule has 0 saturated carbocycles. The van der Waals surface area contributed by atoms with Crippen LogP contribution in [0, 0.1) is 0 Å². The molecule has 7 aromatic rings.